The lowest BCUT2D eigenvalue weighted by atomic mass is 10.2. The number of hydrogen-bond donors (Lipinski definition) is 2. The van der Waals surface area contributed by atoms with E-state index in [0.717, 1.165) is 4.90 Å². The van der Waals surface area contributed by atoms with E-state index >= 15 is 0 Å². The van der Waals surface area contributed by atoms with E-state index in [-0.39, 0.29) is 18.9 Å². The van der Waals surface area contributed by atoms with Gasteiger partial charge < -0.3 is 15.3 Å². The van der Waals surface area contributed by atoms with E-state index in [9.17, 15) is 28.1 Å². The molecule has 22 heavy (non-hydrogen) atoms. The molecule has 11 heteroatoms. The van der Waals surface area contributed by atoms with Gasteiger partial charge in [-0.25, -0.2) is 9.78 Å². The van der Waals surface area contributed by atoms with Gasteiger partial charge in [-0.1, -0.05) is 0 Å². The molecule has 2 rings (SSSR count). The maximum absolute atomic E-state index is 12.6. The Bertz CT molecular complexity index is 607. The number of pyridine rings is 1. The minimum absolute atomic E-state index is 0.0786. The topological polar surface area (TPSA) is 109 Å². The molecule has 1 aromatic rings. The fourth-order valence-corrected chi connectivity index (χ4v) is 2.10. The summed E-state index contributed by atoms with van der Waals surface area (Å²) in [4.78, 5) is 25.3. The molecule has 0 saturated carbocycles. The van der Waals surface area contributed by atoms with E-state index in [4.69, 9.17) is 5.11 Å². The van der Waals surface area contributed by atoms with Crippen LogP contribution in [0.3, 0.4) is 0 Å². The predicted octanol–water partition coefficient (Wildman–Crippen LogP) is 2.17. The van der Waals surface area contributed by atoms with Crippen LogP contribution in [0.1, 0.15) is 12.0 Å². The second-order valence-electron chi connectivity index (χ2n) is 4.71. The van der Waals surface area contributed by atoms with E-state index in [1.54, 1.807) is 0 Å². The number of rotatable bonds is 3. The van der Waals surface area contributed by atoms with Crippen LogP contribution in [0.4, 0.5) is 29.5 Å². The van der Waals surface area contributed by atoms with Crippen molar-refractivity contribution in [3.63, 3.8) is 0 Å². The smallest absolute Gasteiger partial charge is 0.418 e. The number of likely N-dealkylation sites (tertiary alicyclic amines) is 1. The molecule has 2 N–H and O–H groups in total. The first kappa shape index (κ1) is 15.8. The molecule has 1 atom stereocenters. The van der Waals surface area contributed by atoms with E-state index < -0.39 is 34.5 Å². The third-order valence-corrected chi connectivity index (χ3v) is 3.19. The summed E-state index contributed by atoms with van der Waals surface area (Å²) < 4.78 is 37.7. The highest BCUT2D eigenvalue weighted by atomic mass is 19.4. The number of halogens is 3. The molecule has 1 amide bonds. The molecule has 0 radical (unpaired) electrons. The van der Waals surface area contributed by atoms with Crippen molar-refractivity contribution in [2.75, 3.05) is 18.4 Å². The summed E-state index contributed by atoms with van der Waals surface area (Å²) in [5.74, 6) is -0.310. The van der Waals surface area contributed by atoms with Gasteiger partial charge in [-0.05, 0) is 6.42 Å². The lowest BCUT2D eigenvalue weighted by Crippen LogP contribution is -2.30. The molecule has 1 aliphatic heterocycles. The number of carboxylic acid groups (broad SMARTS) is 1. The Morgan fingerprint density at radius 1 is 1.55 bits per heavy atom. The number of amides is 1. The number of nitrogens with zero attached hydrogens (tertiary/aromatic N) is 3. The van der Waals surface area contributed by atoms with Gasteiger partial charge in [0.1, 0.15) is 0 Å². The van der Waals surface area contributed by atoms with E-state index in [0.29, 0.717) is 18.7 Å². The van der Waals surface area contributed by atoms with Crippen molar-refractivity contribution in [1.82, 2.24) is 9.88 Å². The third-order valence-electron chi connectivity index (χ3n) is 3.19. The van der Waals surface area contributed by atoms with Crippen LogP contribution >= 0.6 is 0 Å². The third kappa shape index (κ3) is 3.35. The normalized spacial score (nSPS) is 18.3. The Morgan fingerprint density at radius 3 is 2.73 bits per heavy atom. The maximum Gasteiger partial charge on any atom is 0.418 e. The van der Waals surface area contributed by atoms with Gasteiger partial charge in [-0.2, -0.15) is 13.2 Å². The van der Waals surface area contributed by atoms with Crippen LogP contribution in [-0.2, 0) is 6.18 Å². The summed E-state index contributed by atoms with van der Waals surface area (Å²) in [5, 5.41) is 22.3. The summed E-state index contributed by atoms with van der Waals surface area (Å²) in [7, 11) is 0. The number of aromatic nitrogens is 1. The highest BCUT2D eigenvalue weighted by Gasteiger charge is 2.35. The van der Waals surface area contributed by atoms with Crippen LogP contribution in [-0.4, -0.2) is 45.1 Å². The highest BCUT2D eigenvalue weighted by molar-refractivity contribution is 5.66. The molecule has 8 nitrogen and oxygen atoms in total. The number of anilines is 1. The molecule has 120 valence electrons. The number of nitro groups is 1. The molecule has 0 aromatic carbocycles. The summed E-state index contributed by atoms with van der Waals surface area (Å²) in [6, 6.07) is -0.0433. The molecular formula is C11H11F3N4O4. The monoisotopic (exact) mass is 320 g/mol. The number of nitrogens with one attached hydrogen (secondary N) is 1. The van der Waals surface area contributed by atoms with Gasteiger partial charge in [0.05, 0.1) is 10.5 Å². The number of alkyl halides is 3. The Morgan fingerprint density at radius 2 is 2.23 bits per heavy atom. The molecule has 0 unspecified atom stereocenters. The Hall–Kier alpha value is -2.59. The lowest BCUT2D eigenvalue weighted by Gasteiger charge is -2.15. The average molecular weight is 320 g/mol. The van der Waals surface area contributed by atoms with Gasteiger partial charge in [-0.3, -0.25) is 10.1 Å². The molecule has 2 heterocycles. The Balaban J connectivity index is 2.21. The predicted molar refractivity (Wildman–Crippen MR) is 67.5 cm³/mol. The fraction of sp³-hybridized carbons (Fsp3) is 0.455. The largest absolute Gasteiger partial charge is 0.465 e. The van der Waals surface area contributed by atoms with Crippen molar-refractivity contribution >= 4 is 17.6 Å². The fourth-order valence-electron chi connectivity index (χ4n) is 2.10. The molecular weight excluding hydrogens is 309 g/mol. The molecule has 1 fully saturated rings. The molecule has 0 spiro atoms. The first-order chi connectivity index (χ1) is 10.2. The molecule has 0 bridgehead atoms. The first-order valence-electron chi connectivity index (χ1n) is 6.14. The van der Waals surface area contributed by atoms with Crippen LogP contribution in [0.5, 0.6) is 0 Å². The van der Waals surface area contributed by atoms with Gasteiger partial charge in [0.25, 0.3) is 0 Å². The molecule has 1 aliphatic rings. The lowest BCUT2D eigenvalue weighted by molar-refractivity contribution is -0.384. The van der Waals surface area contributed by atoms with Crippen LogP contribution < -0.4 is 5.32 Å². The minimum Gasteiger partial charge on any atom is -0.465 e. The zero-order valence-electron chi connectivity index (χ0n) is 11.0. The summed E-state index contributed by atoms with van der Waals surface area (Å²) >= 11 is 0. The summed E-state index contributed by atoms with van der Waals surface area (Å²) in [6.07, 6.45) is -4.98. The van der Waals surface area contributed by atoms with Crippen molar-refractivity contribution in [3.8, 4) is 0 Å². The minimum atomic E-state index is -4.73. The van der Waals surface area contributed by atoms with E-state index in [1.165, 1.54) is 0 Å². The van der Waals surface area contributed by atoms with Gasteiger partial charge >= 0.3 is 18.0 Å². The van der Waals surface area contributed by atoms with Crippen molar-refractivity contribution < 1.29 is 28.0 Å². The maximum atomic E-state index is 12.6. The highest BCUT2D eigenvalue weighted by Crippen LogP contribution is 2.34. The van der Waals surface area contributed by atoms with Gasteiger partial charge in [0.2, 0.25) is 5.82 Å². The van der Waals surface area contributed by atoms with Gasteiger partial charge in [0.15, 0.2) is 0 Å². The van der Waals surface area contributed by atoms with Gasteiger partial charge in [0, 0.05) is 31.4 Å². The second-order valence-corrected chi connectivity index (χ2v) is 4.71. The SMILES string of the molecule is O=C(O)N1CC[C@H](Nc2ncc(C(F)(F)F)cc2[N+](=O)[O-])C1. The first-order valence-corrected chi connectivity index (χ1v) is 6.14. The molecule has 1 saturated heterocycles. The van der Waals surface area contributed by atoms with Crippen LogP contribution in [0.25, 0.3) is 0 Å². The van der Waals surface area contributed by atoms with Crippen LogP contribution in [0, 0.1) is 10.1 Å². The van der Waals surface area contributed by atoms with Crippen molar-refractivity contribution in [1.29, 1.82) is 0 Å². The van der Waals surface area contributed by atoms with E-state index in [2.05, 4.69) is 10.3 Å². The zero-order chi connectivity index (χ0) is 16.5. The standard InChI is InChI=1S/C11H11F3N4O4/c12-11(13,14)6-3-8(18(21)22)9(15-4-6)16-7-1-2-17(5-7)10(19)20/h3-4,7H,1-2,5H2,(H,15,16)(H,19,20)/t7-/m0/s1. The Kier molecular flexibility index (Phi) is 4.06. The van der Waals surface area contributed by atoms with Crippen molar-refractivity contribution in [3.05, 3.63) is 27.9 Å². The van der Waals surface area contributed by atoms with Crippen LogP contribution in [0.15, 0.2) is 12.3 Å². The van der Waals surface area contributed by atoms with E-state index in [1.807, 2.05) is 0 Å². The molecule has 1 aromatic heterocycles. The van der Waals surface area contributed by atoms with Crippen LogP contribution in [0.2, 0.25) is 0 Å². The average Bonchev–Trinajstić information content (AvgIpc) is 2.86. The van der Waals surface area contributed by atoms with Crippen molar-refractivity contribution in [2.24, 2.45) is 0 Å². The molecule has 0 aliphatic carbocycles. The number of carbonyl (C=O) groups is 1. The quantitative estimate of drug-likeness (QED) is 0.652. The van der Waals surface area contributed by atoms with Gasteiger partial charge in [-0.15, -0.1) is 0 Å². The zero-order valence-corrected chi connectivity index (χ0v) is 11.0. The number of hydrogen-bond acceptors (Lipinski definition) is 5. The summed E-state index contributed by atoms with van der Waals surface area (Å²) in [5.41, 5.74) is -2.02. The second kappa shape index (κ2) is 5.66. The van der Waals surface area contributed by atoms with Crippen molar-refractivity contribution in [2.45, 2.75) is 18.6 Å². The Labute approximate surface area is 121 Å². The summed E-state index contributed by atoms with van der Waals surface area (Å²) in [6.45, 7) is 0.316.